The Morgan fingerprint density at radius 1 is 0.329 bits per heavy atom. The number of benzene rings is 8. The highest BCUT2D eigenvalue weighted by atomic mass is 15.1. The van der Waals surface area contributed by atoms with Gasteiger partial charge in [0.15, 0.2) is 0 Å². The number of para-hydroxylation sites is 4. The van der Waals surface area contributed by atoms with Gasteiger partial charge in [-0.15, -0.1) is 0 Å². The quantitative estimate of drug-likeness (QED) is 0.167. The fourth-order valence-electron chi connectivity index (χ4n) is 11.6. The van der Waals surface area contributed by atoms with E-state index in [1.807, 2.05) is 0 Å². The highest BCUT2D eigenvalue weighted by Gasteiger charge is 2.24. The number of pyridine rings is 2. The van der Waals surface area contributed by atoms with Gasteiger partial charge in [-0.3, -0.25) is 9.13 Å². The number of nitrogens with zero attached hydrogens (tertiary/aromatic N) is 6. The molecule has 0 bridgehead atoms. The van der Waals surface area contributed by atoms with Gasteiger partial charge in [-0.05, 0) is 91.2 Å². The first-order chi connectivity index (χ1) is 34.8. The maximum Gasteiger partial charge on any atom is 0.138 e. The summed E-state index contributed by atoms with van der Waals surface area (Å²) >= 11 is 0. The second kappa shape index (κ2) is 15.1. The summed E-state index contributed by atoms with van der Waals surface area (Å²) in [6.45, 7) is 0. The Balaban J connectivity index is 0.998. The summed E-state index contributed by atoms with van der Waals surface area (Å²) in [5.74, 6) is 1.79. The summed E-state index contributed by atoms with van der Waals surface area (Å²) in [7, 11) is 0. The maximum absolute atomic E-state index is 5.41. The van der Waals surface area contributed by atoms with E-state index >= 15 is 0 Å². The van der Waals surface area contributed by atoms with Crippen LogP contribution in [-0.2, 0) is 0 Å². The van der Waals surface area contributed by atoms with Crippen LogP contribution in [0.5, 0.6) is 0 Å². The van der Waals surface area contributed by atoms with Gasteiger partial charge in [-0.25, -0.2) is 9.97 Å². The van der Waals surface area contributed by atoms with Crippen molar-refractivity contribution in [1.82, 2.24) is 28.2 Å². The topological polar surface area (TPSA) is 45.5 Å². The molecular formula is C64H42N6. The second-order valence-electron chi connectivity index (χ2n) is 18.4. The Labute approximate surface area is 402 Å². The van der Waals surface area contributed by atoms with E-state index < -0.39 is 0 Å². The molecule has 0 saturated carbocycles. The molecule has 0 unspecified atom stereocenters. The molecule has 70 heavy (non-hydrogen) atoms. The van der Waals surface area contributed by atoms with E-state index in [0.717, 1.165) is 96.9 Å². The van der Waals surface area contributed by atoms with Crippen molar-refractivity contribution >= 4 is 92.8 Å². The minimum atomic E-state index is 0.888. The SMILES string of the molecule is C1=CC(c2cccc(-n3c4ccccc4c4ccc5c6ccccc6n(-c6cccc(-n7c8ccccc8c8c7ccc7c9ccccc9n(-c9cccc(-c%10ccccc%10)n9)c78)c6)c5c43)n2)=CCC1. The summed E-state index contributed by atoms with van der Waals surface area (Å²) in [4.78, 5) is 10.8. The van der Waals surface area contributed by atoms with E-state index in [0.29, 0.717) is 0 Å². The number of aromatic nitrogens is 6. The first-order valence-corrected chi connectivity index (χ1v) is 24.2. The molecule has 0 N–H and O–H groups in total. The first-order valence-electron chi connectivity index (χ1n) is 24.2. The zero-order valence-corrected chi connectivity index (χ0v) is 38.0. The minimum Gasteiger partial charge on any atom is -0.309 e. The molecule has 6 aromatic heterocycles. The zero-order valence-electron chi connectivity index (χ0n) is 38.0. The minimum absolute atomic E-state index is 0.888. The molecule has 0 atom stereocenters. The summed E-state index contributed by atoms with van der Waals surface area (Å²) < 4.78 is 9.71. The summed E-state index contributed by atoms with van der Waals surface area (Å²) in [5.41, 5.74) is 15.5. The molecular weight excluding hydrogens is 853 g/mol. The van der Waals surface area contributed by atoms with Gasteiger partial charge in [0.25, 0.3) is 0 Å². The molecule has 6 heterocycles. The van der Waals surface area contributed by atoms with Crippen LogP contribution in [0.25, 0.3) is 127 Å². The van der Waals surface area contributed by atoms with Crippen molar-refractivity contribution in [1.29, 1.82) is 0 Å². The predicted octanol–water partition coefficient (Wildman–Crippen LogP) is 16.3. The molecule has 0 radical (unpaired) electrons. The van der Waals surface area contributed by atoms with Crippen LogP contribution in [0.2, 0.25) is 0 Å². The lowest BCUT2D eigenvalue weighted by atomic mass is 10.0. The van der Waals surface area contributed by atoms with Crippen molar-refractivity contribution in [3.8, 4) is 34.3 Å². The van der Waals surface area contributed by atoms with Gasteiger partial charge in [-0.1, -0.05) is 158 Å². The standard InChI is InChI=1S/C64H42N6/c1-3-18-41(19-4-1)52-28-16-34-59(65-52)69-55-31-12-8-24-45(55)48-38-39-58-61(62(48)69)51-27-10-14-33-57(51)67(58)43-22-15-23-44(40-43)68-54-30-11-7-25-46(54)49-36-37-50-47-26-9-13-32-56(47)70(64(50)63(49)68)60-35-17-29-53(66-60)42-20-5-2-6-21-42/h1,3-5,7-40H,2,6H2. The van der Waals surface area contributed by atoms with Crippen LogP contribution in [0, 0.1) is 0 Å². The van der Waals surface area contributed by atoms with Gasteiger partial charge in [-0.2, -0.15) is 0 Å². The van der Waals surface area contributed by atoms with Crippen molar-refractivity contribution in [2.24, 2.45) is 0 Å². The highest BCUT2D eigenvalue weighted by Crippen LogP contribution is 2.44. The summed E-state index contributed by atoms with van der Waals surface area (Å²) in [6.07, 6.45) is 8.87. The molecule has 0 fully saturated rings. The highest BCUT2D eigenvalue weighted by molar-refractivity contribution is 6.27. The average Bonchev–Trinajstić information content (AvgIpc) is 4.17. The van der Waals surface area contributed by atoms with Gasteiger partial charge in [0.2, 0.25) is 0 Å². The van der Waals surface area contributed by atoms with Crippen LogP contribution < -0.4 is 0 Å². The van der Waals surface area contributed by atoms with Crippen molar-refractivity contribution in [3.05, 3.63) is 236 Å². The van der Waals surface area contributed by atoms with Crippen molar-refractivity contribution in [2.75, 3.05) is 0 Å². The van der Waals surface area contributed by atoms with Gasteiger partial charge < -0.3 is 9.13 Å². The number of fused-ring (bicyclic) bond motifs is 14. The zero-order chi connectivity index (χ0) is 45.9. The molecule has 0 saturated heterocycles. The van der Waals surface area contributed by atoms with Gasteiger partial charge in [0.05, 0.1) is 55.5 Å². The van der Waals surface area contributed by atoms with Crippen LogP contribution in [0.3, 0.4) is 0 Å². The molecule has 15 rings (SSSR count). The third-order valence-corrected chi connectivity index (χ3v) is 14.6. The molecule has 0 spiro atoms. The van der Waals surface area contributed by atoms with Gasteiger partial charge >= 0.3 is 0 Å². The van der Waals surface area contributed by atoms with E-state index in [1.54, 1.807) is 0 Å². The Kier molecular flexibility index (Phi) is 8.38. The summed E-state index contributed by atoms with van der Waals surface area (Å²) in [6, 6.07) is 76.8. The van der Waals surface area contributed by atoms with E-state index in [2.05, 4.69) is 249 Å². The first kappa shape index (κ1) is 38.8. The Morgan fingerprint density at radius 3 is 1.49 bits per heavy atom. The van der Waals surface area contributed by atoms with Crippen LogP contribution in [0.15, 0.2) is 231 Å². The smallest absolute Gasteiger partial charge is 0.138 e. The number of allylic oxidation sites excluding steroid dienone is 4. The van der Waals surface area contributed by atoms with E-state index in [4.69, 9.17) is 9.97 Å². The van der Waals surface area contributed by atoms with Crippen LogP contribution in [0.4, 0.5) is 0 Å². The van der Waals surface area contributed by atoms with Gasteiger partial charge in [0.1, 0.15) is 11.6 Å². The Bertz CT molecular complexity index is 4540. The average molecular weight is 895 g/mol. The van der Waals surface area contributed by atoms with Crippen LogP contribution in [-0.4, -0.2) is 28.2 Å². The fraction of sp³-hybridized carbons (Fsp3) is 0.0312. The molecule has 6 heteroatoms. The van der Waals surface area contributed by atoms with E-state index in [1.165, 1.54) is 48.7 Å². The summed E-state index contributed by atoms with van der Waals surface area (Å²) in [5, 5.41) is 9.57. The third kappa shape index (κ3) is 5.62. The lowest BCUT2D eigenvalue weighted by molar-refractivity contribution is 1.03. The number of hydrogen-bond donors (Lipinski definition) is 0. The molecule has 1 aliphatic rings. The van der Waals surface area contributed by atoms with E-state index in [-0.39, 0.29) is 0 Å². The Hall–Kier alpha value is -9.26. The number of hydrogen-bond acceptors (Lipinski definition) is 2. The molecule has 0 aliphatic heterocycles. The van der Waals surface area contributed by atoms with Gasteiger partial charge in [0, 0.05) is 60.0 Å². The fourth-order valence-corrected chi connectivity index (χ4v) is 11.6. The lowest BCUT2D eigenvalue weighted by Gasteiger charge is -2.15. The number of rotatable bonds is 6. The normalized spacial score (nSPS) is 13.1. The lowest BCUT2D eigenvalue weighted by Crippen LogP contribution is -2.03. The molecule has 14 aromatic rings. The van der Waals surface area contributed by atoms with Crippen molar-refractivity contribution < 1.29 is 0 Å². The second-order valence-corrected chi connectivity index (χ2v) is 18.4. The monoisotopic (exact) mass is 894 g/mol. The van der Waals surface area contributed by atoms with Crippen LogP contribution >= 0.6 is 0 Å². The maximum atomic E-state index is 5.41. The third-order valence-electron chi connectivity index (χ3n) is 14.6. The molecule has 328 valence electrons. The van der Waals surface area contributed by atoms with Crippen LogP contribution in [0.1, 0.15) is 18.5 Å². The molecule has 8 aromatic carbocycles. The van der Waals surface area contributed by atoms with Crippen molar-refractivity contribution in [3.63, 3.8) is 0 Å². The Morgan fingerprint density at radius 2 is 0.829 bits per heavy atom. The van der Waals surface area contributed by atoms with E-state index in [9.17, 15) is 0 Å². The largest absolute Gasteiger partial charge is 0.309 e. The molecule has 0 amide bonds. The predicted molar refractivity (Wildman–Crippen MR) is 291 cm³/mol. The van der Waals surface area contributed by atoms with Crippen molar-refractivity contribution in [2.45, 2.75) is 12.8 Å². The molecule has 6 nitrogen and oxygen atoms in total. The molecule has 1 aliphatic carbocycles.